The molecule has 0 radical (unpaired) electrons. The zero-order chi connectivity index (χ0) is 42.3. The molecule has 3 aliphatic carbocycles. The van der Waals surface area contributed by atoms with Gasteiger partial charge < -0.3 is 29.7 Å². The topological polar surface area (TPSA) is 190 Å². The van der Waals surface area contributed by atoms with Crippen LogP contribution in [0.5, 0.6) is 11.5 Å². The summed E-state index contributed by atoms with van der Waals surface area (Å²) < 4.78 is 46.3. The van der Waals surface area contributed by atoms with Crippen molar-refractivity contribution in [1.82, 2.24) is 30.2 Å². The smallest absolute Gasteiger partial charge is 0.408 e. The number of carbonyl (C=O) groups is 3. The summed E-state index contributed by atoms with van der Waals surface area (Å²) in [4.78, 5) is 53.6. The van der Waals surface area contributed by atoms with Crippen molar-refractivity contribution in [3.8, 4) is 22.9 Å². The van der Waals surface area contributed by atoms with E-state index in [1.54, 1.807) is 38.9 Å². The maximum Gasteiger partial charge on any atom is 0.408 e. The molecule has 59 heavy (non-hydrogen) atoms. The fourth-order valence-electron chi connectivity index (χ4n) is 8.19. The third kappa shape index (κ3) is 9.78. The largest absolute Gasteiger partial charge is 0.497 e. The maximum absolute atomic E-state index is 15.0. The van der Waals surface area contributed by atoms with E-state index in [2.05, 4.69) is 27.3 Å². The lowest BCUT2D eigenvalue weighted by Crippen LogP contribution is -2.60. The molecule has 17 heteroatoms. The third-order valence-electron chi connectivity index (χ3n) is 11.4. The highest BCUT2D eigenvalue weighted by Crippen LogP contribution is 2.47. The average molecular weight is 852 g/mol. The van der Waals surface area contributed by atoms with Crippen molar-refractivity contribution in [2.24, 2.45) is 11.8 Å². The zero-order valence-electron chi connectivity index (χ0n) is 34.7. The minimum absolute atomic E-state index is 0.112. The molecule has 4 N–H and O–H groups in total. The van der Waals surface area contributed by atoms with Gasteiger partial charge in [0.05, 0.1) is 36.3 Å². The summed E-state index contributed by atoms with van der Waals surface area (Å²) in [5.41, 5.74) is -0.221. The Labute approximate surface area is 350 Å². The Hall–Kier alpha value is -4.48. The van der Waals surface area contributed by atoms with Gasteiger partial charge in [-0.15, -0.1) is 17.9 Å². The first-order valence-electron chi connectivity index (χ1n) is 20.6. The monoisotopic (exact) mass is 851 g/mol. The van der Waals surface area contributed by atoms with E-state index in [1.165, 1.54) is 11.3 Å². The molecule has 3 aromatic rings. The summed E-state index contributed by atoms with van der Waals surface area (Å²) in [6.45, 7) is 13.4. The molecule has 3 amide bonds. The van der Waals surface area contributed by atoms with Gasteiger partial charge in [-0.1, -0.05) is 25.3 Å². The number of methoxy groups -OCH3 is 1. The van der Waals surface area contributed by atoms with Gasteiger partial charge in [0.2, 0.25) is 15.9 Å². The maximum atomic E-state index is 15.0. The van der Waals surface area contributed by atoms with Crippen LogP contribution >= 0.6 is 11.3 Å². The molecule has 1 aromatic carbocycles. The normalized spacial score (nSPS) is 24.1. The molecule has 1 saturated heterocycles. The number of sulfonamides is 1. The second kappa shape index (κ2) is 16.9. The highest BCUT2D eigenvalue weighted by molar-refractivity contribution is 7.91. The van der Waals surface area contributed by atoms with E-state index >= 15 is 4.79 Å². The predicted octanol–water partition coefficient (Wildman–Crippen LogP) is 6.11. The third-order valence-corrected chi connectivity index (χ3v) is 14.0. The lowest BCUT2D eigenvalue weighted by molar-refractivity contribution is -0.138. The van der Waals surface area contributed by atoms with Gasteiger partial charge in [0.25, 0.3) is 5.91 Å². The van der Waals surface area contributed by atoms with Gasteiger partial charge in [0, 0.05) is 41.3 Å². The number of pyridine rings is 1. The van der Waals surface area contributed by atoms with E-state index in [-0.39, 0.29) is 36.8 Å². The number of carbonyl (C=O) groups excluding carboxylic acids is 3. The molecule has 0 unspecified atom stereocenters. The van der Waals surface area contributed by atoms with Gasteiger partial charge in [0.1, 0.15) is 40.5 Å². The van der Waals surface area contributed by atoms with Crippen LogP contribution in [0.1, 0.15) is 92.4 Å². The molecular formula is C42H57N7O8S2. The van der Waals surface area contributed by atoms with Crippen molar-refractivity contribution < 1.29 is 37.0 Å². The molecule has 15 nitrogen and oxygen atoms in total. The van der Waals surface area contributed by atoms with Crippen LogP contribution in [0.2, 0.25) is 0 Å². The number of ether oxygens (including phenoxy) is 3. The van der Waals surface area contributed by atoms with Crippen molar-refractivity contribution in [2.45, 2.75) is 133 Å². The molecule has 2 aromatic heterocycles. The Morgan fingerprint density at radius 1 is 1.05 bits per heavy atom. The van der Waals surface area contributed by atoms with Gasteiger partial charge >= 0.3 is 6.09 Å². The van der Waals surface area contributed by atoms with E-state index in [9.17, 15) is 18.0 Å². The lowest BCUT2D eigenvalue weighted by atomic mass is 9.83. The Kier molecular flexibility index (Phi) is 12.2. The number of aromatic nitrogens is 2. The molecule has 3 heterocycles. The quantitative estimate of drug-likeness (QED) is 0.129. The SMILES string of the molecule is C=C[C@@H]1C[C@]1(N[C@@H]1C[C@@H](Oc2cc(-c3csc(NC(C)C)n3)nc3cc(OC)ccc23)CN1C(=O)[C@@H](NC(=O)OC(C)(C)C)C1CCCCC1)C(=O)NS(=O)(=O)C1CC1. The number of amides is 3. The van der Waals surface area contributed by atoms with E-state index in [4.69, 9.17) is 24.2 Å². The van der Waals surface area contributed by atoms with Gasteiger partial charge in [-0.3, -0.25) is 19.6 Å². The fraction of sp³-hybridized carbons (Fsp3) is 0.595. The summed E-state index contributed by atoms with van der Waals surface area (Å²) >= 11 is 1.48. The molecular weight excluding hydrogens is 795 g/mol. The Balaban J connectivity index is 1.23. The zero-order valence-corrected chi connectivity index (χ0v) is 36.3. The summed E-state index contributed by atoms with van der Waals surface area (Å²) in [5.74, 6) is -0.378. The van der Waals surface area contributed by atoms with Gasteiger partial charge in [-0.05, 0) is 84.8 Å². The number of benzene rings is 1. The van der Waals surface area contributed by atoms with Crippen LogP contribution in [0.25, 0.3) is 22.3 Å². The molecule has 320 valence electrons. The fourth-order valence-corrected chi connectivity index (χ4v) is 10.4. The molecule has 0 bridgehead atoms. The van der Waals surface area contributed by atoms with Crippen molar-refractivity contribution in [1.29, 1.82) is 0 Å². The first kappa shape index (κ1) is 42.6. The summed E-state index contributed by atoms with van der Waals surface area (Å²) in [6.07, 6.45) is 5.55. The van der Waals surface area contributed by atoms with Crippen molar-refractivity contribution in [3.63, 3.8) is 0 Å². The second-order valence-electron chi connectivity index (χ2n) is 17.6. The molecule has 4 fully saturated rings. The molecule has 0 spiro atoms. The summed E-state index contributed by atoms with van der Waals surface area (Å²) in [6, 6.07) is 6.68. The van der Waals surface area contributed by atoms with Gasteiger partial charge in [-0.2, -0.15) is 0 Å². The van der Waals surface area contributed by atoms with Crippen LogP contribution < -0.4 is 30.1 Å². The van der Waals surface area contributed by atoms with E-state index in [0.717, 1.165) is 42.6 Å². The standard InChI is InChI=1S/C42H57N7O8S2/c1-8-26-21-42(26,38(51)48-59(53,54)29-15-16-29)47-35-19-28(22-49(35)37(50)36(25-12-10-9-11-13-25)46-40(52)57-41(4,5)6)56-34-20-32(33-23-58-39(45-33)43-24(2)3)44-31-18-27(55-7)14-17-30(31)34/h8,14,17-18,20,23-26,28-29,35-36,47H,1,9-13,15-16,19,21-22H2,2-7H3,(H,43,45)(H,46,52)(H,48,51)/t26-,28-,35+,36+,42-/m1/s1. The van der Waals surface area contributed by atoms with Crippen LogP contribution in [-0.2, 0) is 24.3 Å². The van der Waals surface area contributed by atoms with Crippen LogP contribution in [0.15, 0.2) is 42.3 Å². The number of hydrogen-bond donors (Lipinski definition) is 4. The van der Waals surface area contributed by atoms with E-state index < -0.39 is 56.7 Å². The number of nitrogens with one attached hydrogen (secondary N) is 4. The lowest BCUT2D eigenvalue weighted by Gasteiger charge is -2.36. The van der Waals surface area contributed by atoms with Crippen molar-refractivity contribution >= 4 is 55.3 Å². The number of nitrogens with zero attached hydrogens (tertiary/aromatic N) is 3. The Morgan fingerprint density at radius 2 is 1.80 bits per heavy atom. The molecule has 3 saturated carbocycles. The Morgan fingerprint density at radius 3 is 2.44 bits per heavy atom. The van der Waals surface area contributed by atoms with E-state index in [1.807, 2.05) is 43.5 Å². The highest BCUT2D eigenvalue weighted by Gasteiger charge is 2.62. The minimum Gasteiger partial charge on any atom is -0.497 e. The number of fused-ring (bicyclic) bond motifs is 1. The van der Waals surface area contributed by atoms with Crippen LogP contribution in [0.4, 0.5) is 9.93 Å². The highest BCUT2D eigenvalue weighted by atomic mass is 32.2. The van der Waals surface area contributed by atoms with Crippen LogP contribution in [0.3, 0.4) is 0 Å². The molecule has 7 rings (SSSR count). The van der Waals surface area contributed by atoms with Crippen molar-refractivity contribution in [3.05, 3.63) is 42.3 Å². The average Bonchev–Trinajstić information content (AvgIpc) is 4.08. The second-order valence-corrected chi connectivity index (χ2v) is 20.4. The number of rotatable bonds is 15. The first-order valence-corrected chi connectivity index (χ1v) is 23.1. The number of likely N-dealkylation sites (tertiary alicyclic amines) is 1. The summed E-state index contributed by atoms with van der Waals surface area (Å²) in [7, 11) is -2.26. The molecule has 1 aliphatic heterocycles. The molecule has 5 atom stereocenters. The summed E-state index contributed by atoms with van der Waals surface area (Å²) in [5, 5.41) is 12.5. The van der Waals surface area contributed by atoms with Crippen molar-refractivity contribution in [2.75, 3.05) is 19.0 Å². The van der Waals surface area contributed by atoms with Crippen LogP contribution in [0, 0.1) is 11.8 Å². The van der Waals surface area contributed by atoms with Gasteiger partial charge in [0.15, 0.2) is 5.13 Å². The number of thiazole rings is 1. The van der Waals surface area contributed by atoms with Crippen LogP contribution in [-0.4, -0.2) is 95.6 Å². The number of hydrogen-bond acceptors (Lipinski definition) is 13. The Bertz CT molecular complexity index is 2180. The number of anilines is 1. The number of alkyl carbamates (subject to hydrolysis) is 1. The molecule has 4 aliphatic rings. The van der Waals surface area contributed by atoms with Gasteiger partial charge in [-0.25, -0.2) is 23.2 Å². The first-order chi connectivity index (χ1) is 28.0. The predicted molar refractivity (Wildman–Crippen MR) is 227 cm³/mol. The minimum atomic E-state index is -3.85. The van der Waals surface area contributed by atoms with E-state index in [0.29, 0.717) is 47.7 Å².